The van der Waals surface area contributed by atoms with Crippen molar-refractivity contribution in [1.29, 1.82) is 0 Å². The Balaban J connectivity index is 2.12. The number of hydrogen-bond donors (Lipinski definition) is 0. The molecule has 0 saturated heterocycles. The Morgan fingerprint density at radius 2 is 1.79 bits per heavy atom. The van der Waals surface area contributed by atoms with Crippen LogP contribution in [-0.2, 0) is 10.0 Å². The molecular formula is C14H21NO2S2. The molecule has 3 nitrogen and oxygen atoms in total. The van der Waals surface area contributed by atoms with Gasteiger partial charge in [0.05, 0.1) is 4.90 Å². The van der Waals surface area contributed by atoms with Gasteiger partial charge in [0.25, 0.3) is 10.0 Å². The Hall–Kier alpha value is -0.520. The number of rotatable bonds is 5. The van der Waals surface area contributed by atoms with Crippen molar-refractivity contribution in [3.8, 4) is 0 Å². The Morgan fingerprint density at radius 3 is 2.37 bits per heavy atom. The van der Waals surface area contributed by atoms with Gasteiger partial charge in [-0.05, 0) is 25.0 Å². The molecule has 0 heterocycles. The molecule has 0 unspecified atom stereocenters. The fourth-order valence-corrected chi connectivity index (χ4v) is 5.53. The maximum absolute atomic E-state index is 12.5. The van der Waals surface area contributed by atoms with Crippen LogP contribution < -0.4 is 0 Å². The van der Waals surface area contributed by atoms with Crippen molar-refractivity contribution in [1.82, 2.24) is 3.71 Å². The summed E-state index contributed by atoms with van der Waals surface area (Å²) in [7, 11) is -3.35. The molecule has 1 aliphatic carbocycles. The van der Waals surface area contributed by atoms with Crippen LogP contribution in [0.1, 0.15) is 39.0 Å². The maximum atomic E-state index is 12.5. The fraction of sp³-hybridized carbons (Fsp3) is 0.571. The van der Waals surface area contributed by atoms with Crippen LogP contribution in [0.3, 0.4) is 0 Å². The van der Waals surface area contributed by atoms with E-state index in [1.807, 2.05) is 13.0 Å². The topological polar surface area (TPSA) is 37.4 Å². The average molecular weight is 299 g/mol. The lowest BCUT2D eigenvalue weighted by Gasteiger charge is -2.27. The number of sulfonamides is 1. The molecule has 0 aliphatic heterocycles. The van der Waals surface area contributed by atoms with Crippen molar-refractivity contribution in [2.45, 2.75) is 49.2 Å². The highest BCUT2D eigenvalue weighted by molar-refractivity contribution is 8.08. The number of hydrogen-bond acceptors (Lipinski definition) is 3. The summed E-state index contributed by atoms with van der Waals surface area (Å²) >= 11 is 1.51. The molecule has 0 atom stereocenters. The third-order valence-corrected chi connectivity index (χ3v) is 7.16. The van der Waals surface area contributed by atoms with E-state index in [0.717, 1.165) is 12.8 Å². The van der Waals surface area contributed by atoms with Crippen molar-refractivity contribution in [2.75, 3.05) is 6.54 Å². The molecule has 0 radical (unpaired) electrons. The van der Waals surface area contributed by atoms with E-state index < -0.39 is 10.0 Å². The largest absolute Gasteiger partial charge is 0.252 e. The van der Waals surface area contributed by atoms with Crippen molar-refractivity contribution >= 4 is 22.0 Å². The molecule has 1 aromatic rings. The third kappa shape index (κ3) is 3.74. The third-order valence-electron chi connectivity index (χ3n) is 3.39. The van der Waals surface area contributed by atoms with E-state index in [1.54, 1.807) is 28.0 Å². The van der Waals surface area contributed by atoms with Crippen molar-refractivity contribution in [3.63, 3.8) is 0 Å². The lowest BCUT2D eigenvalue weighted by Crippen LogP contribution is -2.28. The summed E-state index contributed by atoms with van der Waals surface area (Å²) in [6.45, 7) is 2.41. The van der Waals surface area contributed by atoms with Gasteiger partial charge in [-0.3, -0.25) is 0 Å². The Bertz CT molecular complexity index is 481. The van der Waals surface area contributed by atoms with Crippen LogP contribution in [0.15, 0.2) is 35.2 Å². The normalized spacial score (nSPS) is 17.8. The predicted molar refractivity (Wildman–Crippen MR) is 80.5 cm³/mol. The average Bonchev–Trinajstić information content (AvgIpc) is 2.46. The molecule has 0 spiro atoms. The van der Waals surface area contributed by atoms with Crippen LogP contribution in [-0.4, -0.2) is 23.9 Å². The molecule has 106 valence electrons. The molecule has 5 heteroatoms. The smallest absolute Gasteiger partial charge is 0.206 e. The summed E-state index contributed by atoms with van der Waals surface area (Å²) in [6, 6.07) is 8.71. The molecule has 2 rings (SSSR count). The van der Waals surface area contributed by atoms with E-state index in [9.17, 15) is 8.42 Å². The predicted octanol–water partition coefficient (Wildman–Crippen LogP) is 3.68. The van der Waals surface area contributed by atoms with Crippen molar-refractivity contribution in [2.24, 2.45) is 0 Å². The van der Waals surface area contributed by atoms with E-state index in [-0.39, 0.29) is 0 Å². The highest BCUT2D eigenvalue weighted by atomic mass is 32.3. The molecule has 0 amide bonds. The number of benzene rings is 1. The highest BCUT2D eigenvalue weighted by Crippen LogP contribution is 2.33. The van der Waals surface area contributed by atoms with Gasteiger partial charge in [0.1, 0.15) is 0 Å². The standard InChI is InChI=1S/C14H21NO2S2/c1-2-15(18-13-9-5-3-6-10-13)19(16,17)14-11-7-4-8-12-14/h4,7-8,11-13H,2-3,5-6,9-10H2,1H3. The van der Waals surface area contributed by atoms with Crippen molar-refractivity contribution < 1.29 is 8.42 Å². The quantitative estimate of drug-likeness (QED) is 0.778. The molecule has 1 fully saturated rings. The van der Waals surface area contributed by atoms with E-state index in [4.69, 9.17) is 0 Å². The van der Waals surface area contributed by atoms with Crippen LogP contribution in [0.2, 0.25) is 0 Å². The second-order valence-corrected chi connectivity index (χ2v) is 8.21. The van der Waals surface area contributed by atoms with Gasteiger partial charge in [-0.15, -0.1) is 3.71 Å². The van der Waals surface area contributed by atoms with Crippen LogP contribution in [0, 0.1) is 0 Å². The first kappa shape index (κ1) is 14.9. The first-order valence-electron chi connectivity index (χ1n) is 6.89. The Kier molecular flexibility index (Phi) is 5.30. The van der Waals surface area contributed by atoms with Crippen LogP contribution in [0.5, 0.6) is 0 Å². The first-order chi connectivity index (χ1) is 9.14. The maximum Gasteiger partial charge on any atom is 0.252 e. The molecule has 1 aromatic carbocycles. The lowest BCUT2D eigenvalue weighted by atomic mass is 10.0. The summed E-state index contributed by atoms with van der Waals surface area (Å²) < 4.78 is 26.6. The van der Waals surface area contributed by atoms with E-state index >= 15 is 0 Å². The van der Waals surface area contributed by atoms with Crippen LogP contribution in [0.25, 0.3) is 0 Å². The van der Waals surface area contributed by atoms with Gasteiger partial charge in [-0.2, -0.15) is 0 Å². The lowest BCUT2D eigenvalue weighted by molar-refractivity contribution is 0.505. The zero-order chi connectivity index (χ0) is 13.7. The molecule has 0 N–H and O–H groups in total. The van der Waals surface area contributed by atoms with E-state index in [2.05, 4.69) is 0 Å². The minimum atomic E-state index is -3.35. The minimum absolute atomic E-state index is 0.389. The molecule has 1 saturated carbocycles. The van der Waals surface area contributed by atoms with Gasteiger partial charge in [0.2, 0.25) is 0 Å². The van der Waals surface area contributed by atoms with E-state index in [1.165, 1.54) is 31.2 Å². The molecule has 0 aromatic heterocycles. The van der Waals surface area contributed by atoms with Crippen molar-refractivity contribution in [3.05, 3.63) is 30.3 Å². The molecule has 1 aliphatic rings. The Labute approximate surface area is 120 Å². The summed E-state index contributed by atoms with van der Waals surface area (Å²) in [4.78, 5) is 0.389. The molecule has 19 heavy (non-hydrogen) atoms. The van der Waals surface area contributed by atoms with Gasteiger partial charge in [0.15, 0.2) is 0 Å². The fourth-order valence-electron chi connectivity index (χ4n) is 2.35. The molecule has 0 bridgehead atoms. The molecular weight excluding hydrogens is 278 g/mol. The van der Waals surface area contributed by atoms with Gasteiger partial charge < -0.3 is 0 Å². The summed E-state index contributed by atoms with van der Waals surface area (Å²) in [5.74, 6) is 0. The summed E-state index contributed by atoms with van der Waals surface area (Å²) in [5, 5.41) is 0.451. The number of nitrogens with zero attached hydrogens (tertiary/aromatic N) is 1. The monoisotopic (exact) mass is 299 g/mol. The Morgan fingerprint density at radius 1 is 1.16 bits per heavy atom. The zero-order valence-corrected chi connectivity index (χ0v) is 12.9. The van der Waals surface area contributed by atoms with E-state index in [0.29, 0.717) is 16.7 Å². The van der Waals surface area contributed by atoms with Gasteiger partial charge >= 0.3 is 0 Å². The summed E-state index contributed by atoms with van der Waals surface area (Å²) in [6.07, 6.45) is 5.99. The van der Waals surface area contributed by atoms with Crippen LogP contribution >= 0.6 is 11.9 Å². The SMILES string of the molecule is CCN(SC1CCCCC1)S(=O)(=O)c1ccccc1. The minimum Gasteiger partial charge on any atom is -0.206 e. The zero-order valence-electron chi connectivity index (χ0n) is 11.3. The highest BCUT2D eigenvalue weighted by Gasteiger charge is 2.27. The first-order valence-corrected chi connectivity index (χ1v) is 9.17. The van der Waals surface area contributed by atoms with Crippen LogP contribution in [0.4, 0.5) is 0 Å². The second kappa shape index (κ2) is 6.77. The van der Waals surface area contributed by atoms with Gasteiger partial charge in [0, 0.05) is 11.8 Å². The van der Waals surface area contributed by atoms with Gasteiger partial charge in [-0.1, -0.05) is 56.3 Å². The van der Waals surface area contributed by atoms with Gasteiger partial charge in [-0.25, -0.2) is 8.42 Å². The second-order valence-electron chi connectivity index (χ2n) is 4.80. The summed E-state index contributed by atoms with van der Waals surface area (Å²) in [5.41, 5.74) is 0.